The van der Waals surface area contributed by atoms with Crippen LogP contribution in [0.25, 0.3) is 17.1 Å². The fourth-order valence-electron chi connectivity index (χ4n) is 5.23. The molecule has 2 N–H and O–H groups in total. The summed E-state index contributed by atoms with van der Waals surface area (Å²) in [5.41, 5.74) is 4.92. The Kier molecular flexibility index (Phi) is 8.17. The first-order valence-corrected chi connectivity index (χ1v) is 15.0. The van der Waals surface area contributed by atoms with Crippen LogP contribution in [0.2, 0.25) is 0 Å². The molecule has 224 valence electrons. The van der Waals surface area contributed by atoms with Gasteiger partial charge in [-0.2, -0.15) is 0 Å². The third-order valence-electron chi connectivity index (χ3n) is 7.44. The summed E-state index contributed by atoms with van der Waals surface area (Å²) >= 11 is 1.66. The molecule has 12 heteroatoms. The Morgan fingerprint density at radius 2 is 1.79 bits per heavy atom. The lowest BCUT2D eigenvalue weighted by Crippen LogP contribution is -2.33. The van der Waals surface area contributed by atoms with Crippen LogP contribution < -0.4 is 15.0 Å². The molecule has 8 nitrogen and oxygen atoms in total. The summed E-state index contributed by atoms with van der Waals surface area (Å²) in [5.74, 6) is 1.77. The summed E-state index contributed by atoms with van der Waals surface area (Å²) in [5, 5.41) is 19.3. The molecular weight excluding hydrogens is 577 g/mol. The number of aromatic nitrogens is 3. The van der Waals surface area contributed by atoms with Crippen molar-refractivity contribution in [3.05, 3.63) is 90.3 Å². The molecule has 1 saturated carbocycles. The van der Waals surface area contributed by atoms with Gasteiger partial charge in [-0.05, 0) is 53.8 Å². The number of anilines is 1. The second kappa shape index (κ2) is 12.0. The largest absolute Gasteiger partial charge is 0.573 e. The predicted octanol–water partition coefficient (Wildman–Crippen LogP) is 6.29. The van der Waals surface area contributed by atoms with Gasteiger partial charge in [-0.1, -0.05) is 68.1 Å². The van der Waals surface area contributed by atoms with E-state index in [1.54, 1.807) is 11.8 Å². The van der Waals surface area contributed by atoms with Crippen LogP contribution in [-0.2, 0) is 0 Å². The smallest absolute Gasteiger partial charge is 0.406 e. The first-order valence-electron chi connectivity index (χ1n) is 14.0. The zero-order valence-electron chi connectivity index (χ0n) is 23.6. The Morgan fingerprint density at radius 3 is 2.51 bits per heavy atom. The van der Waals surface area contributed by atoms with Gasteiger partial charge in [0.25, 0.3) is 0 Å². The highest BCUT2D eigenvalue weighted by molar-refractivity contribution is 8.14. The van der Waals surface area contributed by atoms with Crippen LogP contribution in [0, 0.1) is 0 Å². The molecule has 3 atom stereocenters. The normalized spacial score (nSPS) is 20.2. The maximum atomic E-state index is 12.4. The van der Waals surface area contributed by atoms with Crippen LogP contribution in [-0.4, -0.2) is 56.1 Å². The number of nitrogens with zero attached hydrogens (tertiary/aromatic N) is 5. The topological polar surface area (TPSA) is 87.8 Å². The van der Waals surface area contributed by atoms with E-state index >= 15 is 0 Å². The summed E-state index contributed by atoms with van der Waals surface area (Å²) in [4.78, 5) is 11.2. The van der Waals surface area contributed by atoms with Gasteiger partial charge in [-0.15, -0.1) is 18.3 Å². The van der Waals surface area contributed by atoms with Gasteiger partial charge in [0, 0.05) is 35.5 Å². The van der Waals surface area contributed by atoms with Gasteiger partial charge in [0.1, 0.15) is 12.1 Å². The van der Waals surface area contributed by atoms with E-state index in [-0.39, 0.29) is 17.7 Å². The van der Waals surface area contributed by atoms with Crippen molar-refractivity contribution in [1.82, 2.24) is 20.1 Å². The molecule has 3 unspecified atom stereocenters. The maximum Gasteiger partial charge on any atom is 0.573 e. The van der Waals surface area contributed by atoms with E-state index < -0.39 is 12.7 Å². The van der Waals surface area contributed by atoms with Crippen molar-refractivity contribution in [2.24, 2.45) is 4.99 Å². The quantitative estimate of drug-likeness (QED) is 0.216. The predicted molar refractivity (Wildman–Crippen MR) is 162 cm³/mol. The zero-order valence-corrected chi connectivity index (χ0v) is 24.4. The monoisotopic (exact) mass is 608 g/mol. The summed E-state index contributed by atoms with van der Waals surface area (Å²) in [6, 6.07) is 21.9. The van der Waals surface area contributed by atoms with Crippen molar-refractivity contribution in [2.75, 3.05) is 17.2 Å². The number of benzene rings is 3. The fourth-order valence-corrected chi connectivity index (χ4v) is 6.21. The van der Waals surface area contributed by atoms with Crippen LogP contribution >= 0.6 is 11.8 Å². The number of aliphatic hydroxyl groups is 1. The molecule has 43 heavy (non-hydrogen) atoms. The highest BCUT2D eigenvalue weighted by Crippen LogP contribution is 2.41. The minimum absolute atomic E-state index is 0.120. The molecule has 0 amide bonds. The lowest BCUT2D eigenvalue weighted by molar-refractivity contribution is -0.274. The van der Waals surface area contributed by atoms with Crippen molar-refractivity contribution >= 4 is 22.6 Å². The molecule has 0 radical (unpaired) electrons. The van der Waals surface area contributed by atoms with E-state index in [0.29, 0.717) is 17.4 Å². The van der Waals surface area contributed by atoms with Crippen molar-refractivity contribution < 1.29 is 23.0 Å². The molecule has 4 aromatic rings. The van der Waals surface area contributed by atoms with Crippen LogP contribution in [0.3, 0.4) is 0 Å². The lowest BCUT2D eigenvalue weighted by Gasteiger charge is -2.23. The standard InChI is InChI=1S/C31H31F3N6O2S/c1-19(2)24-5-3-4-6-27(24)39-15-16-43-30(39)37-29(41)36-26-17-25(26)20-7-9-21(10-8-20)28-35-18-40(38-28)22-11-13-23(14-12-22)42-31(32,33)34/h3-14,18-19,25-26,29,36,41H,15-17H2,1-2H3. The van der Waals surface area contributed by atoms with Crippen LogP contribution in [0.5, 0.6) is 5.75 Å². The van der Waals surface area contributed by atoms with Gasteiger partial charge < -0.3 is 14.7 Å². The molecule has 0 bridgehead atoms. The average molecular weight is 609 g/mol. The summed E-state index contributed by atoms with van der Waals surface area (Å²) in [6.07, 6.45) is -3.33. The van der Waals surface area contributed by atoms with E-state index in [2.05, 4.69) is 62.1 Å². The number of aliphatic hydroxyl groups excluding tert-OH is 1. The van der Waals surface area contributed by atoms with Crippen molar-refractivity contribution in [2.45, 2.75) is 50.9 Å². The number of halogens is 3. The lowest BCUT2D eigenvalue weighted by atomic mass is 10.0. The van der Waals surface area contributed by atoms with E-state index in [0.717, 1.165) is 40.7 Å². The molecule has 1 aromatic heterocycles. The average Bonchev–Trinajstić information content (AvgIpc) is 3.33. The molecular formula is C31H31F3N6O2S. The molecule has 0 spiro atoms. The number of aliphatic imine (C=N–C) groups is 1. The van der Waals surface area contributed by atoms with Gasteiger partial charge in [0.15, 0.2) is 11.0 Å². The van der Waals surface area contributed by atoms with Gasteiger partial charge >= 0.3 is 6.36 Å². The van der Waals surface area contributed by atoms with E-state index in [1.807, 2.05) is 30.3 Å². The number of thioether (sulfide) groups is 1. The van der Waals surface area contributed by atoms with Crippen LogP contribution in [0.15, 0.2) is 84.1 Å². The summed E-state index contributed by atoms with van der Waals surface area (Å²) in [7, 11) is 0. The Hall–Kier alpha value is -3.87. The minimum atomic E-state index is -4.74. The number of nitrogens with one attached hydrogen (secondary N) is 1. The highest BCUT2D eigenvalue weighted by Gasteiger charge is 2.39. The number of hydrogen-bond acceptors (Lipinski definition) is 7. The van der Waals surface area contributed by atoms with Gasteiger partial charge in [0.05, 0.1) is 5.69 Å². The molecule has 2 aliphatic rings. The first-order chi connectivity index (χ1) is 20.6. The van der Waals surface area contributed by atoms with Crippen LogP contribution in [0.4, 0.5) is 18.9 Å². The van der Waals surface area contributed by atoms with Gasteiger partial charge in [-0.3, -0.25) is 5.32 Å². The molecule has 1 aliphatic heterocycles. The maximum absolute atomic E-state index is 12.4. The van der Waals surface area contributed by atoms with Crippen molar-refractivity contribution in [3.63, 3.8) is 0 Å². The van der Waals surface area contributed by atoms with Crippen molar-refractivity contribution in [3.8, 4) is 22.8 Å². The Labute approximate surface area is 251 Å². The van der Waals surface area contributed by atoms with E-state index in [4.69, 9.17) is 0 Å². The van der Waals surface area contributed by atoms with Crippen molar-refractivity contribution in [1.29, 1.82) is 0 Å². The van der Waals surface area contributed by atoms with Crippen LogP contribution in [0.1, 0.15) is 43.2 Å². The van der Waals surface area contributed by atoms with Gasteiger partial charge in [-0.25, -0.2) is 14.7 Å². The Morgan fingerprint density at radius 1 is 1.05 bits per heavy atom. The number of para-hydroxylation sites is 1. The highest BCUT2D eigenvalue weighted by atomic mass is 32.2. The molecule has 6 rings (SSSR count). The zero-order chi connectivity index (χ0) is 30.1. The third kappa shape index (κ3) is 6.87. The molecule has 2 fully saturated rings. The number of ether oxygens (including phenoxy) is 1. The molecule has 2 heterocycles. The summed E-state index contributed by atoms with van der Waals surface area (Å²) in [6.45, 7) is 5.22. The fraction of sp³-hybridized carbons (Fsp3) is 0.323. The van der Waals surface area contributed by atoms with E-state index in [9.17, 15) is 18.3 Å². The number of amidine groups is 1. The molecule has 1 aliphatic carbocycles. The summed E-state index contributed by atoms with van der Waals surface area (Å²) < 4.78 is 42.7. The Balaban J connectivity index is 1.06. The second-order valence-corrected chi connectivity index (χ2v) is 11.9. The number of hydrogen-bond donors (Lipinski definition) is 2. The number of rotatable bonds is 9. The minimum Gasteiger partial charge on any atom is -0.406 e. The third-order valence-corrected chi connectivity index (χ3v) is 8.41. The first kappa shape index (κ1) is 29.2. The SMILES string of the molecule is CC(C)c1ccccc1N1CCSC1=NC(O)NC1CC1c1ccc(-c2ncn(-c3ccc(OC(F)(F)F)cc3)n2)cc1. The second-order valence-electron chi connectivity index (χ2n) is 10.8. The Bertz CT molecular complexity index is 1590. The number of alkyl halides is 3. The molecule has 1 saturated heterocycles. The van der Waals surface area contributed by atoms with Gasteiger partial charge in [0.2, 0.25) is 6.35 Å². The van der Waals surface area contributed by atoms with E-state index in [1.165, 1.54) is 40.8 Å². The molecule has 3 aromatic carbocycles.